The van der Waals surface area contributed by atoms with Gasteiger partial charge >= 0.3 is 12.3 Å². The van der Waals surface area contributed by atoms with Crippen molar-refractivity contribution in [2.75, 3.05) is 38.2 Å². The molecule has 1 saturated heterocycles. The molecule has 0 radical (unpaired) electrons. The summed E-state index contributed by atoms with van der Waals surface area (Å²) in [5.74, 6) is -3.22. The number of ether oxygens (including phenoxy) is 2. The summed E-state index contributed by atoms with van der Waals surface area (Å²) in [6, 6.07) is 17.4. The van der Waals surface area contributed by atoms with E-state index in [0.29, 0.717) is 36.1 Å². The molecule has 3 amide bonds. The molecule has 0 bridgehead atoms. The van der Waals surface area contributed by atoms with Gasteiger partial charge in [-0.2, -0.15) is 13.2 Å². The van der Waals surface area contributed by atoms with Gasteiger partial charge < -0.3 is 30.7 Å². The highest BCUT2D eigenvalue weighted by Crippen LogP contribution is 2.34. The minimum atomic E-state index is -4.56. The molecule has 0 aromatic heterocycles. The highest BCUT2D eigenvalue weighted by atomic mass is 19.4. The van der Waals surface area contributed by atoms with Crippen LogP contribution in [0.3, 0.4) is 0 Å². The lowest BCUT2D eigenvalue weighted by Crippen LogP contribution is -2.49. The van der Waals surface area contributed by atoms with Gasteiger partial charge in [-0.25, -0.2) is 13.6 Å². The number of morpholine rings is 1. The third-order valence-electron chi connectivity index (χ3n) is 8.03. The number of carbonyl (C=O) groups is 3. The number of halogens is 5. The molecule has 14 heteroatoms. The minimum absolute atomic E-state index is 0.0960. The zero-order chi connectivity index (χ0) is 35.4. The second-order valence-corrected chi connectivity index (χ2v) is 11.4. The van der Waals surface area contributed by atoms with Crippen LogP contribution >= 0.6 is 0 Å². The van der Waals surface area contributed by atoms with E-state index >= 15 is 4.39 Å². The lowest BCUT2D eigenvalue weighted by molar-refractivity contribution is -0.124. The van der Waals surface area contributed by atoms with E-state index in [0.717, 1.165) is 0 Å². The number of rotatable bonds is 15. The van der Waals surface area contributed by atoms with Crippen molar-refractivity contribution >= 4 is 30.2 Å². The van der Waals surface area contributed by atoms with E-state index < -0.39 is 54.2 Å². The van der Waals surface area contributed by atoms with Crippen molar-refractivity contribution in [2.45, 2.75) is 37.1 Å². The number of benzene rings is 3. The summed E-state index contributed by atoms with van der Waals surface area (Å²) >= 11 is 0. The quantitative estimate of drug-likeness (QED) is 0.127. The van der Waals surface area contributed by atoms with Gasteiger partial charge in [-0.15, -0.1) is 0 Å². The van der Waals surface area contributed by atoms with E-state index in [4.69, 9.17) is 9.47 Å². The van der Waals surface area contributed by atoms with Crippen LogP contribution in [0, 0.1) is 17.6 Å². The first-order valence-corrected chi connectivity index (χ1v) is 15.5. The number of hydrogen-bond donors (Lipinski definition) is 4. The molecular weight excluding hydrogens is 651 g/mol. The Morgan fingerprint density at radius 1 is 1.04 bits per heavy atom. The normalized spacial score (nSPS) is 17.3. The minimum Gasteiger partial charge on any atom is -0.448 e. The second-order valence-electron chi connectivity index (χ2n) is 11.4. The lowest BCUT2D eigenvalue weighted by Gasteiger charge is -2.30. The molecule has 262 valence electrons. The third kappa shape index (κ3) is 10.8. The average molecular weight is 689 g/mol. The van der Waals surface area contributed by atoms with Crippen LogP contribution in [0.4, 0.5) is 32.4 Å². The molecule has 4 rings (SSSR count). The number of amides is 3. The van der Waals surface area contributed by atoms with Gasteiger partial charge in [0.25, 0.3) is 0 Å². The molecule has 1 aliphatic heterocycles. The van der Waals surface area contributed by atoms with Crippen LogP contribution in [0.1, 0.15) is 34.6 Å². The topological polar surface area (TPSA) is 118 Å². The third-order valence-corrected chi connectivity index (χ3v) is 8.03. The fraction of sp³-hybridized carbons (Fsp3) is 0.343. The van der Waals surface area contributed by atoms with Crippen molar-refractivity contribution in [3.63, 3.8) is 0 Å². The molecule has 9 nitrogen and oxygen atoms in total. The van der Waals surface area contributed by atoms with Crippen LogP contribution < -0.4 is 21.3 Å². The average Bonchev–Trinajstić information content (AvgIpc) is 3.08. The molecule has 4 N–H and O–H groups in total. The van der Waals surface area contributed by atoms with Crippen molar-refractivity contribution in [1.82, 2.24) is 16.0 Å². The van der Waals surface area contributed by atoms with Crippen molar-refractivity contribution < 1.29 is 45.8 Å². The Hall–Kier alpha value is -4.82. The Morgan fingerprint density at radius 2 is 1.82 bits per heavy atom. The van der Waals surface area contributed by atoms with Gasteiger partial charge in [-0.3, -0.25) is 9.59 Å². The largest absolute Gasteiger partial charge is 0.448 e. The predicted molar refractivity (Wildman–Crippen MR) is 173 cm³/mol. The first kappa shape index (κ1) is 37.0. The van der Waals surface area contributed by atoms with E-state index in [1.54, 1.807) is 53.8 Å². The zero-order valence-electron chi connectivity index (χ0n) is 26.4. The fourth-order valence-electron chi connectivity index (χ4n) is 5.58. The summed E-state index contributed by atoms with van der Waals surface area (Å²) in [7, 11) is 0. The van der Waals surface area contributed by atoms with Gasteiger partial charge in [0.2, 0.25) is 12.3 Å². The predicted octanol–water partition coefficient (Wildman–Crippen LogP) is 5.32. The molecular formula is C35H37F5N4O5. The van der Waals surface area contributed by atoms with Gasteiger partial charge in [0.05, 0.1) is 24.7 Å². The molecule has 1 heterocycles. The standard InChI is InChI=1S/C35H37F5N4O5/c1-2-22-11-12-24(15-30(22)37)32(23-7-4-3-5-8-23)28(17-41-21-45)33(46)44-31-10-6-9-29(36)27(31)14-13-26-16-42-25(18-48-26)19-49-34(47)43-20-35(38,39)40/h2-12,15,21,25-26,28,32,42H,1,13-14,16-20H2,(H,41,45)(H,43,47)(H,44,46)/t25-,26+,28-,32+/m0/s1. The van der Waals surface area contributed by atoms with Crippen LogP contribution in [0.2, 0.25) is 0 Å². The van der Waals surface area contributed by atoms with Gasteiger partial charge in [0, 0.05) is 35.8 Å². The van der Waals surface area contributed by atoms with Crippen LogP contribution in [0.15, 0.2) is 73.3 Å². The van der Waals surface area contributed by atoms with Crippen molar-refractivity contribution in [3.8, 4) is 0 Å². The molecule has 0 aliphatic carbocycles. The molecule has 0 spiro atoms. The number of anilines is 1. The molecule has 1 aliphatic rings. The number of carbonyl (C=O) groups excluding carboxylic acids is 3. The van der Waals surface area contributed by atoms with Crippen LogP contribution in [-0.4, -0.2) is 69.6 Å². The van der Waals surface area contributed by atoms with E-state index in [9.17, 15) is 31.9 Å². The highest BCUT2D eigenvalue weighted by Gasteiger charge is 2.33. The first-order chi connectivity index (χ1) is 23.5. The van der Waals surface area contributed by atoms with Crippen molar-refractivity contribution in [2.24, 2.45) is 5.92 Å². The number of alkyl carbamates (subject to hydrolysis) is 1. The van der Waals surface area contributed by atoms with Gasteiger partial charge in [-0.05, 0) is 42.2 Å². The van der Waals surface area contributed by atoms with E-state index in [2.05, 4.69) is 22.5 Å². The van der Waals surface area contributed by atoms with E-state index in [1.165, 1.54) is 24.3 Å². The molecule has 1 fully saturated rings. The fourth-order valence-corrected chi connectivity index (χ4v) is 5.58. The Bertz CT molecular complexity index is 1580. The molecule has 3 aromatic rings. The van der Waals surface area contributed by atoms with Crippen LogP contribution in [0.5, 0.6) is 0 Å². The van der Waals surface area contributed by atoms with Crippen LogP contribution in [-0.2, 0) is 25.5 Å². The van der Waals surface area contributed by atoms with Gasteiger partial charge in [0.1, 0.15) is 24.8 Å². The Morgan fingerprint density at radius 3 is 2.47 bits per heavy atom. The maximum Gasteiger partial charge on any atom is 0.407 e. The van der Waals surface area contributed by atoms with Crippen molar-refractivity contribution in [3.05, 3.63) is 107 Å². The van der Waals surface area contributed by atoms with Crippen LogP contribution in [0.25, 0.3) is 6.08 Å². The SMILES string of the molecule is C=Cc1ccc([C@@H](c2ccccc2)[C@H](CNC=O)C(=O)Nc2cccc(F)c2CC[C@@H]2CN[C@H](COC(=O)NCC(F)(F)F)CO2)cc1F. The zero-order valence-corrected chi connectivity index (χ0v) is 26.4. The first-order valence-electron chi connectivity index (χ1n) is 15.5. The van der Waals surface area contributed by atoms with E-state index in [-0.39, 0.29) is 43.5 Å². The summed E-state index contributed by atoms with van der Waals surface area (Å²) in [6.45, 7) is 2.20. The number of alkyl halides is 3. The van der Waals surface area contributed by atoms with E-state index in [1.807, 2.05) is 0 Å². The Labute approximate surface area is 280 Å². The highest BCUT2D eigenvalue weighted by molar-refractivity contribution is 5.94. The summed E-state index contributed by atoms with van der Waals surface area (Å²) in [5.41, 5.74) is 1.94. The van der Waals surface area contributed by atoms with Gasteiger partial charge in [0.15, 0.2) is 0 Å². The lowest BCUT2D eigenvalue weighted by atomic mass is 9.79. The smallest absolute Gasteiger partial charge is 0.407 e. The Kier molecular flexibility index (Phi) is 13.2. The molecule has 0 unspecified atom stereocenters. The number of nitrogens with one attached hydrogen (secondary N) is 4. The summed E-state index contributed by atoms with van der Waals surface area (Å²) in [4.78, 5) is 36.9. The molecule has 4 atom stereocenters. The summed E-state index contributed by atoms with van der Waals surface area (Å²) in [6.07, 6.45) is -3.77. The maximum atomic E-state index is 15.2. The second kappa shape index (κ2) is 17.5. The molecule has 3 aromatic carbocycles. The van der Waals surface area contributed by atoms with Gasteiger partial charge in [-0.1, -0.05) is 61.2 Å². The number of hydrogen-bond acceptors (Lipinski definition) is 6. The Balaban J connectivity index is 1.44. The summed E-state index contributed by atoms with van der Waals surface area (Å²) in [5, 5.41) is 10.1. The van der Waals surface area contributed by atoms with Crippen molar-refractivity contribution in [1.29, 1.82) is 0 Å². The molecule has 0 saturated carbocycles. The monoisotopic (exact) mass is 688 g/mol. The summed E-state index contributed by atoms with van der Waals surface area (Å²) < 4.78 is 77.5. The molecule has 49 heavy (non-hydrogen) atoms. The maximum absolute atomic E-state index is 15.2.